The second-order valence-corrected chi connectivity index (χ2v) is 7.28. The average molecular weight is 290 g/mol. The molecule has 1 atom stereocenters. The second kappa shape index (κ2) is 5.20. The van der Waals surface area contributed by atoms with E-state index in [1.165, 1.54) is 25.7 Å². The topological polar surface area (TPSA) is 49.8 Å². The number of hydrogen-bond donors (Lipinski definition) is 2. The van der Waals surface area contributed by atoms with Crippen molar-refractivity contribution in [3.63, 3.8) is 0 Å². The fourth-order valence-corrected chi connectivity index (χ4v) is 3.86. The normalized spacial score (nSPS) is 21.9. The van der Waals surface area contributed by atoms with Crippen molar-refractivity contribution in [1.29, 1.82) is 0 Å². The lowest BCUT2D eigenvalue weighted by atomic mass is 9.75. The largest absolute Gasteiger partial charge is 0.367 e. The van der Waals surface area contributed by atoms with Crippen molar-refractivity contribution < 1.29 is 0 Å². The van der Waals surface area contributed by atoms with Crippen LogP contribution in [0.5, 0.6) is 0 Å². The van der Waals surface area contributed by atoms with E-state index in [1.807, 2.05) is 7.05 Å². The summed E-state index contributed by atoms with van der Waals surface area (Å²) in [6, 6.07) is 2.62. The Bertz CT molecular complexity index is 605. The van der Waals surface area contributed by atoms with E-state index >= 15 is 0 Å². The number of nitrogens with one attached hydrogen (secondary N) is 2. The number of rotatable bonds is 3. The molecule has 0 saturated heterocycles. The van der Waals surface area contributed by atoms with E-state index in [9.17, 15) is 0 Å². The first kappa shape index (κ1) is 13.6. The molecule has 0 bridgehead atoms. The molecule has 2 N–H and O–H groups in total. The van der Waals surface area contributed by atoms with Crippen LogP contribution >= 0.6 is 11.3 Å². The van der Waals surface area contributed by atoms with Gasteiger partial charge in [-0.1, -0.05) is 20.3 Å². The second-order valence-electron chi connectivity index (χ2n) is 6.39. The molecular weight excluding hydrogens is 268 g/mol. The van der Waals surface area contributed by atoms with Crippen LogP contribution in [-0.2, 0) is 0 Å². The third kappa shape index (κ3) is 2.73. The number of thiophene rings is 1. The molecule has 20 heavy (non-hydrogen) atoms. The summed E-state index contributed by atoms with van der Waals surface area (Å²) in [5.74, 6) is 1.67. The van der Waals surface area contributed by atoms with Gasteiger partial charge in [-0.15, -0.1) is 11.3 Å². The van der Waals surface area contributed by atoms with E-state index in [2.05, 4.69) is 45.9 Å². The first-order chi connectivity index (χ1) is 9.57. The number of aromatic nitrogens is 2. The third-order valence-electron chi connectivity index (χ3n) is 4.09. The van der Waals surface area contributed by atoms with Crippen molar-refractivity contribution >= 4 is 33.3 Å². The summed E-state index contributed by atoms with van der Waals surface area (Å²) in [6.45, 7) is 4.72. The Kier molecular flexibility index (Phi) is 3.54. The number of nitrogens with zero attached hydrogens (tertiary/aromatic N) is 2. The number of fused-ring (bicyclic) bond motifs is 1. The Hall–Kier alpha value is -1.36. The van der Waals surface area contributed by atoms with Crippen LogP contribution in [0.3, 0.4) is 0 Å². The highest BCUT2D eigenvalue weighted by atomic mass is 32.1. The quantitative estimate of drug-likeness (QED) is 0.893. The highest BCUT2D eigenvalue weighted by Crippen LogP contribution is 2.37. The molecule has 2 aromatic rings. The summed E-state index contributed by atoms with van der Waals surface area (Å²) >= 11 is 1.66. The first-order valence-electron chi connectivity index (χ1n) is 7.27. The van der Waals surface area contributed by atoms with Crippen molar-refractivity contribution in [2.75, 3.05) is 17.7 Å². The molecule has 1 saturated carbocycles. The SMILES string of the molecule is CNc1nc(NC2CCCC(C)(C)C2)c2ccsc2n1. The third-order valence-corrected chi connectivity index (χ3v) is 4.90. The van der Waals surface area contributed by atoms with Crippen molar-refractivity contribution in [2.24, 2.45) is 5.41 Å². The van der Waals surface area contributed by atoms with Crippen molar-refractivity contribution in [3.05, 3.63) is 11.4 Å². The lowest BCUT2D eigenvalue weighted by Gasteiger charge is -2.35. The molecular formula is C15H22N4S. The summed E-state index contributed by atoms with van der Waals surface area (Å²) in [7, 11) is 1.86. The highest BCUT2D eigenvalue weighted by Gasteiger charge is 2.28. The van der Waals surface area contributed by atoms with Crippen LogP contribution in [-0.4, -0.2) is 23.1 Å². The molecule has 3 rings (SSSR count). The molecule has 0 amide bonds. The van der Waals surface area contributed by atoms with E-state index in [0.29, 0.717) is 17.4 Å². The van der Waals surface area contributed by atoms with Gasteiger partial charge in [-0.2, -0.15) is 4.98 Å². The minimum atomic E-state index is 0.433. The Balaban J connectivity index is 1.88. The van der Waals surface area contributed by atoms with Gasteiger partial charge in [-0.05, 0) is 36.1 Å². The van der Waals surface area contributed by atoms with Gasteiger partial charge < -0.3 is 10.6 Å². The molecule has 0 spiro atoms. The lowest BCUT2D eigenvalue weighted by molar-refractivity contribution is 0.229. The van der Waals surface area contributed by atoms with E-state index in [1.54, 1.807) is 11.3 Å². The molecule has 0 aromatic carbocycles. The fourth-order valence-electron chi connectivity index (χ4n) is 3.09. The lowest BCUT2D eigenvalue weighted by Crippen LogP contribution is -2.32. The van der Waals surface area contributed by atoms with Gasteiger partial charge in [0.2, 0.25) is 5.95 Å². The summed E-state index contributed by atoms with van der Waals surface area (Å²) in [4.78, 5) is 10.1. The Morgan fingerprint density at radius 2 is 2.20 bits per heavy atom. The molecule has 1 aliphatic rings. The minimum Gasteiger partial charge on any atom is -0.367 e. The monoisotopic (exact) mass is 290 g/mol. The van der Waals surface area contributed by atoms with Crippen LogP contribution in [0, 0.1) is 5.41 Å². The predicted molar refractivity (Wildman–Crippen MR) is 86.6 cm³/mol. The summed E-state index contributed by atoms with van der Waals surface area (Å²) in [5, 5.41) is 9.92. The smallest absolute Gasteiger partial charge is 0.225 e. The molecule has 0 aliphatic heterocycles. The zero-order chi connectivity index (χ0) is 14.2. The minimum absolute atomic E-state index is 0.433. The van der Waals surface area contributed by atoms with Crippen molar-refractivity contribution in [1.82, 2.24) is 9.97 Å². The van der Waals surface area contributed by atoms with Crippen LogP contribution in [0.2, 0.25) is 0 Å². The van der Waals surface area contributed by atoms with Gasteiger partial charge in [0.15, 0.2) is 0 Å². The van der Waals surface area contributed by atoms with Gasteiger partial charge in [0.1, 0.15) is 10.6 Å². The van der Waals surface area contributed by atoms with Gasteiger partial charge in [0.25, 0.3) is 0 Å². The molecule has 0 radical (unpaired) electrons. The average Bonchev–Trinajstić information content (AvgIpc) is 2.85. The molecule has 1 aliphatic carbocycles. The molecule has 108 valence electrons. The van der Waals surface area contributed by atoms with Crippen molar-refractivity contribution in [2.45, 2.75) is 45.6 Å². The number of anilines is 2. The zero-order valence-electron chi connectivity index (χ0n) is 12.4. The van der Waals surface area contributed by atoms with Gasteiger partial charge >= 0.3 is 0 Å². The van der Waals surface area contributed by atoms with Gasteiger partial charge in [-0.25, -0.2) is 4.98 Å². The maximum Gasteiger partial charge on any atom is 0.225 e. The highest BCUT2D eigenvalue weighted by molar-refractivity contribution is 7.16. The van der Waals surface area contributed by atoms with Crippen LogP contribution in [0.1, 0.15) is 39.5 Å². The van der Waals surface area contributed by atoms with E-state index in [0.717, 1.165) is 16.0 Å². The Morgan fingerprint density at radius 1 is 1.35 bits per heavy atom. The van der Waals surface area contributed by atoms with Gasteiger partial charge in [0, 0.05) is 13.1 Å². The molecule has 2 aromatic heterocycles. The molecule has 5 heteroatoms. The number of hydrogen-bond acceptors (Lipinski definition) is 5. The maximum absolute atomic E-state index is 4.61. The van der Waals surface area contributed by atoms with E-state index in [-0.39, 0.29) is 0 Å². The van der Waals surface area contributed by atoms with Crippen molar-refractivity contribution in [3.8, 4) is 0 Å². The fraction of sp³-hybridized carbons (Fsp3) is 0.600. The summed E-state index contributed by atoms with van der Waals surface area (Å²) < 4.78 is 0. The van der Waals surface area contributed by atoms with Gasteiger partial charge in [0.05, 0.1) is 5.39 Å². The molecule has 1 unspecified atom stereocenters. The zero-order valence-corrected chi connectivity index (χ0v) is 13.2. The predicted octanol–water partition coefficient (Wildman–Crippen LogP) is 4.11. The first-order valence-corrected chi connectivity index (χ1v) is 8.15. The van der Waals surface area contributed by atoms with Crippen LogP contribution in [0.4, 0.5) is 11.8 Å². The molecule has 4 nitrogen and oxygen atoms in total. The van der Waals surface area contributed by atoms with Crippen LogP contribution in [0.25, 0.3) is 10.2 Å². The molecule has 2 heterocycles. The van der Waals surface area contributed by atoms with Crippen LogP contribution in [0.15, 0.2) is 11.4 Å². The van der Waals surface area contributed by atoms with Gasteiger partial charge in [-0.3, -0.25) is 0 Å². The van der Waals surface area contributed by atoms with Crippen LogP contribution < -0.4 is 10.6 Å². The maximum atomic E-state index is 4.61. The Morgan fingerprint density at radius 3 is 2.95 bits per heavy atom. The summed E-state index contributed by atoms with van der Waals surface area (Å²) in [5.41, 5.74) is 0.433. The standard InChI is InChI=1S/C15H22N4S/c1-15(2)7-4-5-10(9-15)17-12-11-6-8-20-13(11)19-14(16-3)18-12/h6,8,10H,4-5,7,9H2,1-3H3,(H2,16,17,18,19). The Labute approximate surface area is 124 Å². The molecule has 1 fully saturated rings. The van der Waals surface area contributed by atoms with E-state index in [4.69, 9.17) is 0 Å². The summed E-state index contributed by atoms with van der Waals surface area (Å²) in [6.07, 6.45) is 5.05. The van der Waals surface area contributed by atoms with E-state index < -0.39 is 0 Å².